The molecule has 2 amide bonds. The molecule has 3 aromatic heterocycles. The molecule has 0 atom stereocenters. The van der Waals surface area contributed by atoms with Crippen LogP contribution in [0.25, 0.3) is 21.7 Å². The maximum Gasteiger partial charge on any atom is 0.434 e. The molecule has 0 aliphatic heterocycles. The van der Waals surface area contributed by atoms with Gasteiger partial charge in [-0.15, -0.1) is 11.3 Å². The second kappa shape index (κ2) is 12.5. The van der Waals surface area contributed by atoms with Gasteiger partial charge >= 0.3 is 18.2 Å². The predicted octanol–water partition coefficient (Wildman–Crippen LogP) is 4.63. The molecule has 0 spiro atoms. The van der Waals surface area contributed by atoms with Gasteiger partial charge in [-0.25, -0.2) is 24.5 Å². The van der Waals surface area contributed by atoms with Gasteiger partial charge in [0.1, 0.15) is 23.0 Å². The summed E-state index contributed by atoms with van der Waals surface area (Å²) in [5, 5.41) is 6.00. The monoisotopic (exact) mass is 539 g/mol. The van der Waals surface area contributed by atoms with Crippen molar-refractivity contribution < 1.29 is 37.0 Å². The standard InChI is InChI=1S/C23H24F3N5O5S/c1-4-27-22(33)31-18-9-14(20-30-17(12-37-20)23(24,25)26)16(11-28-18)13-8-15(21(32)35-5-2)19(29-10-13)36-7-6-34-3/h8-12H,4-7H2,1-3H3,(H2,27,28,31,33). The number of aromatic nitrogens is 3. The van der Waals surface area contributed by atoms with Crippen LogP contribution in [0.15, 0.2) is 29.9 Å². The van der Waals surface area contributed by atoms with E-state index in [0.717, 1.165) is 16.7 Å². The third kappa shape index (κ3) is 7.13. The zero-order valence-corrected chi connectivity index (χ0v) is 21.0. The lowest BCUT2D eigenvalue weighted by atomic mass is 10.0. The maximum absolute atomic E-state index is 13.2. The molecule has 0 aliphatic rings. The number of pyridine rings is 2. The Morgan fingerprint density at radius 1 is 1.08 bits per heavy atom. The van der Waals surface area contributed by atoms with Crippen LogP contribution in [-0.2, 0) is 15.7 Å². The summed E-state index contributed by atoms with van der Waals surface area (Å²) in [7, 11) is 1.49. The van der Waals surface area contributed by atoms with Crippen molar-refractivity contribution in [2.24, 2.45) is 0 Å². The minimum absolute atomic E-state index is 0.0110. The van der Waals surface area contributed by atoms with E-state index in [2.05, 4.69) is 25.6 Å². The molecular formula is C23H24F3N5O5S. The van der Waals surface area contributed by atoms with Crippen LogP contribution in [0.4, 0.5) is 23.8 Å². The third-order valence-corrected chi connectivity index (χ3v) is 5.57. The number of hydrogen-bond donors (Lipinski definition) is 2. The number of carbonyl (C=O) groups excluding carboxylic acids is 2. The molecule has 0 saturated carbocycles. The summed E-state index contributed by atoms with van der Waals surface area (Å²) in [6, 6.07) is 2.31. The summed E-state index contributed by atoms with van der Waals surface area (Å²) in [5.41, 5.74) is -0.127. The van der Waals surface area contributed by atoms with Crippen LogP contribution in [0.1, 0.15) is 29.9 Å². The third-order valence-electron chi connectivity index (χ3n) is 4.69. The predicted molar refractivity (Wildman–Crippen MR) is 130 cm³/mol. The van der Waals surface area contributed by atoms with Gasteiger partial charge < -0.3 is 19.5 Å². The zero-order valence-electron chi connectivity index (χ0n) is 20.1. The number of ether oxygens (including phenoxy) is 3. The Kier molecular flexibility index (Phi) is 9.36. The van der Waals surface area contributed by atoms with Crippen molar-refractivity contribution in [3.05, 3.63) is 41.2 Å². The first-order chi connectivity index (χ1) is 17.7. The molecule has 3 heterocycles. The van der Waals surface area contributed by atoms with Crippen molar-refractivity contribution in [3.63, 3.8) is 0 Å². The van der Waals surface area contributed by atoms with E-state index >= 15 is 0 Å². The van der Waals surface area contributed by atoms with Gasteiger partial charge in [0, 0.05) is 48.1 Å². The van der Waals surface area contributed by atoms with Crippen molar-refractivity contribution in [1.29, 1.82) is 0 Å². The first kappa shape index (κ1) is 27.8. The summed E-state index contributed by atoms with van der Waals surface area (Å²) in [5.74, 6) is -0.592. The molecular weight excluding hydrogens is 515 g/mol. The van der Waals surface area contributed by atoms with Crippen molar-refractivity contribution in [2.45, 2.75) is 20.0 Å². The van der Waals surface area contributed by atoms with Crippen LogP contribution < -0.4 is 15.4 Å². The molecule has 0 aliphatic carbocycles. The summed E-state index contributed by atoms with van der Waals surface area (Å²) >= 11 is 0.774. The molecule has 0 fully saturated rings. The average Bonchev–Trinajstić information content (AvgIpc) is 3.36. The lowest BCUT2D eigenvalue weighted by molar-refractivity contribution is -0.140. The number of nitrogens with one attached hydrogen (secondary N) is 2. The molecule has 0 aromatic carbocycles. The second-order valence-corrected chi connectivity index (χ2v) is 8.13. The summed E-state index contributed by atoms with van der Waals surface area (Å²) in [6.07, 6.45) is -1.90. The molecule has 0 radical (unpaired) electrons. The zero-order chi connectivity index (χ0) is 27.0. The van der Waals surface area contributed by atoms with Crippen LogP contribution in [0.2, 0.25) is 0 Å². The van der Waals surface area contributed by atoms with Gasteiger partial charge in [-0.05, 0) is 26.0 Å². The highest BCUT2D eigenvalue weighted by Gasteiger charge is 2.34. The SMILES string of the molecule is CCNC(=O)Nc1cc(-c2nc(C(F)(F)F)cs2)c(-c2cnc(OCCOC)c(C(=O)OCC)c2)cn1. The number of nitrogens with zero attached hydrogens (tertiary/aromatic N) is 3. The number of esters is 1. The lowest BCUT2D eigenvalue weighted by Crippen LogP contribution is -2.28. The Labute approximate surface area is 214 Å². The molecule has 198 valence electrons. The van der Waals surface area contributed by atoms with E-state index < -0.39 is 23.9 Å². The molecule has 0 bridgehead atoms. The molecule has 14 heteroatoms. The van der Waals surface area contributed by atoms with E-state index in [1.54, 1.807) is 13.8 Å². The van der Waals surface area contributed by atoms with Crippen molar-refractivity contribution in [1.82, 2.24) is 20.3 Å². The number of amides is 2. The highest BCUT2D eigenvalue weighted by atomic mass is 32.1. The van der Waals surface area contributed by atoms with Crippen molar-refractivity contribution in [2.75, 3.05) is 38.8 Å². The maximum atomic E-state index is 13.2. The van der Waals surface area contributed by atoms with Gasteiger partial charge in [0.15, 0.2) is 5.69 Å². The summed E-state index contributed by atoms with van der Waals surface area (Å²) in [4.78, 5) is 36.7. The topological polar surface area (TPSA) is 125 Å². The number of methoxy groups -OCH3 is 1. The Bertz CT molecular complexity index is 1250. The highest BCUT2D eigenvalue weighted by Crippen LogP contribution is 2.39. The first-order valence-corrected chi connectivity index (χ1v) is 11.9. The Morgan fingerprint density at radius 2 is 1.86 bits per heavy atom. The van der Waals surface area contributed by atoms with E-state index in [0.29, 0.717) is 17.7 Å². The lowest BCUT2D eigenvalue weighted by Gasteiger charge is -2.14. The average molecular weight is 540 g/mol. The number of alkyl halides is 3. The van der Waals surface area contributed by atoms with Gasteiger partial charge in [0.2, 0.25) is 5.88 Å². The largest absolute Gasteiger partial charge is 0.475 e. The molecule has 37 heavy (non-hydrogen) atoms. The normalized spacial score (nSPS) is 11.2. The smallest absolute Gasteiger partial charge is 0.434 e. The minimum atomic E-state index is -4.64. The van der Waals surface area contributed by atoms with Crippen LogP contribution in [0.3, 0.4) is 0 Å². The molecule has 2 N–H and O–H groups in total. The number of carbonyl (C=O) groups is 2. The first-order valence-electron chi connectivity index (χ1n) is 11.0. The van der Waals surface area contributed by atoms with Crippen LogP contribution >= 0.6 is 11.3 Å². The number of halogens is 3. The minimum Gasteiger partial charge on any atom is -0.475 e. The van der Waals surface area contributed by atoms with Gasteiger partial charge in [-0.1, -0.05) is 0 Å². The van der Waals surface area contributed by atoms with Crippen molar-refractivity contribution >= 4 is 29.2 Å². The van der Waals surface area contributed by atoms with Crippen LogP contribution in [0.5, 0.6) is 5.88 Å². The van der Waals surface area contributed by atoms with Crippen LogP contribution in [-0.4, -0.2) is 60.4 Å². The fourth-order valence-electron chi connectivity index (χ4n) is 3.07. The summed E-state index contributed by atoms with van der Waals surface area (Å²) < 4.78 is 55.3. The van der Waals surface area contributed by atoms with E-state index in [-0.39, 0.29) is 47.7 Å². The fourth-order valence-corrected chi connectivity index (χ4v) is 3.93. The van der Waals surface area contributed by atoms with Gasteiger partial charge in [-0.3, -0.25) is 5.32 Å². The summed E-state index contributed by atoms with van der Waals surface area (Å²) in [6.45, 7) is 4.22. The van der Waals surface area contributed by atoms with E-state index in [4.69, 9.17) is 14.2 Å². The number of rotatable bonds is 10. The molecule has 3 rings (SSSR count). The Morgan fingerprint density at radius 3 is 2.51 bits per heavy atom. The Balaban J connectivity index is 2.12. The van der Waals surface area contributed by atoms with Crippen LogP contribution in [0, 0.1) is 0 Å². The van der Waals surface area contributed by atoms with Crippen molar-refractivity contribution in [3.8, 4) is 27.6 Å². The number of thiazole rings is 1. The van der Waals surface area contributed by atoms with Gasteiger partial charge in [-0.2, -0.15) is 13.2 Å². The van der Waals surface area contributed by atoms with E-state index in [1.807, 2.05) is 0 Å². The van der Waals surface area contributed by atoms with Gasteiger partial charge in [0.25, 0.3) is 0 Å². The van der Waals surface area contributed by atoms with E-state index in [1.165, 1.54) is 31.6 Å². The molecule has 3 aromatic rings. The number of urea groups is 1. The van der Waals surface area contributed by atoms with Gasteiger partial charge in [0.05, 0.1) is 13.2 Å². The molecule has 0 unspecified atom stereocenters. The fraction of sp³-hybridized carbons (Fsp3) is 0.348. The quantitative estimate of drug-likeness (QED) is 0.282. The highest BCUT2D eigenvalue weighted by molar-refractivity contribution is 7.13. The number of anilines is 1. The number of hydrogen-bond acceptors (Lipinski definition) is 9. The van der Waals surface area contributed by atoms with E-state index in [9.17, 15) is 22.8 Å². The molecule has 10 nitrogen and oxygen atoms in total. The Hall–Kier alpha value is -3.78. The second-order valence-electron chi connectivity index (χ2n) is 7.27. The molecule has 0 saturated heterocycles.